The van der Waals surface area contributed by atoms with Gasteiger partial charge in [0.25, 0.3) is 0 Å². The van der Waals surface area contributed by atoms with E-state index in [2.05, 4.69) is 36.7 Å². The van der Waals surface area contributed by atoms with Crippen molar-refractivity contribution in [3.05, 3.63) is 41.8 Å². The van der Waals surface area contributed by atoms with Crippen LogP contribution in [0.1, 0.15) is 25.1 Å². The number of hydrogen-bond acceptors (Lipinski definition) is 8. The van der Waals surface area contributed by atoms with Gasteiger partial charge in [0.1, 0.15) is 5.82 Å². The van der Waals surface area contributed by atoms with Crippen LogP contribution >= 0.6 is 11.8 Å². The number of rotatable bonds is 9. The summed E-state index contributed by atoms with van der Waals surface area (Å²) in [5.74, 6) is 2.29. The van der Waals surface area contributed by atoms with E-state index in [4.69, 9.17) is 9.26 Å². The number of aryl methyl sites for hydroxylation is 1. The molecule has 0 saturated carbocycles. The lowest BCUT2D eigenvalue weighted by atomic mass is 10.2. The van der Waals surface area contributed by atoms with Crippen LogP contribution in [0, 0.1) is 5.82 Å². The van der Waals surface area contributed by atoms with Crippen LogP contribution < -0.4 is 0 Å². The van der Waals surface area contributed by atoms with Crippen LogP contribution in [-0.4, -0.2) is 62.7 Å². The Bertz CT molecular complexity index is 939. The normalized spacial score (nSPS) is 15.0. The van der Waals surface area contributed by atoms with Crippen molar-refractivity contribution in [2.45, 2.75) is 37.2 Å². The van der Waals surface area contributed by atoms with Crippen molar-refractivity contribution in [1.29, 1.82) is 0 Å². The lowest BCUT2D eigenvalue weighted by Gasteiger charge is -2.27. The van der Waals surface area contributed by atoms with Gasteiger partial charge in [0.05, 0.1) is 19.0 Å². The van der Waals surface area contributed by atoms with Gasteiger partial charge in [0.2, 0.25) is 5.89 Å². The molecule has 0 N–H and O–H groups in total. The molecular formula is C20H25FN6O2S. The summed E-state index contributed by atoms with van der Waals surface area (Å²) in [4.78, 5) is 6.78. The zero-order valence-electron chi connectivity index (χ0n) is 17.0. The van der Waals surface area contributed by atoms with Crippen molar-refractivity contribution in [3.63, 3.8) is 0 Å². The summed E-state index contributed by atoms with van der Waals surface area (Å²) in [6.07, 6.45) is 1.78. The minimum absolute atomic E-state index is 0.271. The fourth-order valence-electron chi connectivity index (χ4n) is 3.28. The monoisotopic (exact) mass is 432 g/mol. The third kappa shape index (κ3) is 5.24. The third-order valence-electron chi connectivity index (χ3n) is 4.87. The van der Waals surface area contributed by atoms with Crippen molar-refractivity contribution < 1.29 is 13.7 Å². The van der Waals surface area contributed by atoms with E-state index in [1.165, 1.54) is 23.9 Å². The molecule has 3 heterocycles. The number of morpholine rings is 1. The molecule has 1 aromatic carbocycles. The third-order valence-corrected chi connectivity index (χ3v) is 5.82. The number of halogens is 1. The summed E-state index contributed by atoms with van der Waals surface area (Å²) in [6, 6.07) is 6.34. The van der Waals surface area contributed by atoms with Gasteiger partial charge in [-0.1, -0.05) is 23.8 Å². The van der Waals surface area contributed by atoms with E-state index in [-0.39, 0.29) is 5.82 Å². The molecule has 1 aliphatic heterocycles. The van der Waals surface area contributed by atoms with Gasteiger partial charge >= 0.3 is 0 Å². The van der Waals surface area contributed by atoms with Crippen LogP contribution in [0.2, 0.25) is 0 Å². The van der Waals surface area contributed by atoms with Crippen molar-refractivity contribution in [1.82, 2.24) is 29.8 Å². The van der Waals surface area contributed by atoms with Crippen LogP contribution in [0.4, 0.5) is 4.39 Å². The molecule has 160 valence electrons. The highest BCUT2D eigenvalue weighted by molar-refractivity contribution is 7.98. The molecule has 1 saturated heterocycles. The Morgan fingerprint density at radius 3 is 2.67 bits per heavy atom. The molecule has 2 aromatic heterocycles. The molecule has 0 aliphatic carbocycles. The molecule has 0 radical (unpaired) electrons. The Hall–Kier alpha value is -2.30. The van der Waals surface area contributed by atoms with Crippen molar-refractivity contribution in [2.24, 2.45) is 0 Å². The Morgan fingerprint density at radius 2 is 1.90 bits per heavy atom. The van der Waals surface area contributed by atoms with E-state index in [0.717, 1.165) is 74.6 Å². The molecule has 1 aliphatic rings. The first kappa shape index (κ1) is 21.0. The van der Waals surface area contributed by atoms with Crippen LogP contribution in [0.3, 0.4) is 0 Å². The molecule has 0 unspecified atom stereocenters. The van der Waals surface area contributed by atoms with Gasteiger partial charge in [-0.25, -0.2) is 4.39 Å². The van der Waals surface area contributed by atoms with E-state index in [1.807, 2.05) is 0 Å². The maximum absolute atomic E-state index is 13.4. The van der Waals surface area contributed by atoms with E-state index in [1.54, 1.807) is 12.1 Å². The number of hydrogen-bond donors (Lipinski definition) is 0. The van der Waals surface area contributed by atoms with Crippen molar-refractivity contribution >= 4 is 11.8 Å². The predicted octanol–water partition coefficient (Wildman–Crippen LogP) is 3.04. The number of benzene rings is 1. The minimum atomic E-state index is -0.271. The van der Waals surface area contributed by atoms with Gasteiger partial charge in [-0.2, -0.15) is 4.98 Å². The topological polar surface area (TPSA) is 82.1 Å². The summed E-state index contributed by atoms with van der Waals surface area (Å²) in [6.45, 7) is 7.02. The Balaban J connectivity index is 1.51. The highest BCUT2D eigenvalue weighted by Gasteiger charge is 2.18. The SMILES string of the molecule is CCCc1noc(CSc2nnc(-c3ccc(F)cc3)n2CCN2CCOCC2)n1. The molecule has 8 nitrogen and oxygen atoms in total. The van der Waals surface area contributed by atoms with Gasteiger partial charge in [-0.05, 0) is 30.7 Å². The van der Waals surface area contributed by atoms with Crippen LogP contribution in [0.25, 0.3) is 11.4 Å². The maximum atomic E-state index is 13.4. The summed E-state index contributed by atoms with van der Waals surface area (Å²) in [7, 11) is 0. The number of ether oxygens (including phenoxy) is 1. The molecular weight excluding hydrogens is 407 g/mol. The van der Waals surface area contributed by atoms with Crippen LogP contribution in [0.15, 0.2) is 33.9 Å². The summed E-state index contributed by atoms with van der Waals surface area (Å²) in [5, 5.41) is 13.6. The van der Waals surface area contributed by atoms with E-state index in [9.17, 15) is 4.39 Å². The molecule has 3 aromatic rings. The largest absolute Gasteiger partial charge is 0.379 e. The van der Waals surface area contributed by atoms with Gasteiger partial charge in [0.15, 0.2) is 16.8 Å². The Labute approximate surface area is 178 Å². The number of aromatic nitrogens is 5. The van der Waals surface area contributed by atoms with Gasteiger partial charge < -0.3 is 13.8 Å². The summed E-state index contributed by atoms with van der Waals surface area (Å²) < 4.78 is 26.2. The molecule has 4 rings (SSSR count). The highest BCUT2D eigenvalue weighted by Crippen LogP contribution is 2.26. The molecule has 0 atom stereocenters. The predicted molar refractivity (Wildman–Crippen MR) is 111 cm³/mol. The van der Waals surface area contributed by atoms with Crippen LogP contribution in [-0.2, 0) is 23.5 Å². The zero-order valence-corrected chi connectivity index (χ0v) is 17.8. The lowest BCUT2D eigenvalue weighted by Crippen LogP contribution is -2.38. The fraction of sp³-hybridized carbons (Fsp3) is 0.500. The number of thioether (sulfide) groups is 1. The first-order valence-electron chi connectivity index (χ1n) is 10.2. The average Bonchev–Trinajstić information content (AvgIpc) is 3.39. The number of nitrogens with zero attached hydrogens (tertiary/aromatic N) is 6. The summed E-state index contributed by atoms with van der Waals surface area (Å²) >= 11 is 1.51. The first-order chi connectivity index (χ1) is 14.7. The van der Waals surface area contributed by atoms with Gasteiger partial charge in [0, 0.05) is 38.2 Å². The van der Waals surface area contributed by atoms with Crippen molar-refractivity contribution in [3.8, 4) is 11.4 Å². The minimum Gasteiger partial charge on any atom is -0.379 e. The maximum Gasteiger partial charge on any atom is 0.237 e. The Kier molecular flexibility index (Phi) is 7.08. The second-order valence-corrected chi connectivity index (χ2v) is 8.00. The fourth-order valence-corrected chi connectivity index (χ4v) is 4.08. The van der Waals surface area contributed by atoms with Gasteiger partial charge in [-0.3, -0.25) is 4.90 Å². The molecule has 0 amide bonds. The summed E-state index contributed by atoms with van der Waals surface area (Å²) in [5.41, 5.74) is 0.834. The molecule has 10 heteroatoms. The highest BCUT2D eigenvalue weighted by atomic mass is 32.2. The smallest absolute Gasteiger partial charge is 0.237 e. The van der Waals surface area contributed by atoms with Crippen LogP contribution in [0.5, 0.6) is 0 Å². The standard InChI is InChI=1S/C20H25FN6O2S/c1-2-3-17-22-18(29-25-17)14-30-20-24-23-19(15-4-6-16(21)7-5-15)27(20)9-8-26-10-12-28-13-11-26/h4-7H,2-3,8-14H2,1H3. The zero-order chi connectivity index (χ0) is 20.8. The van der Waals surface area contributed by atoms with Gasteiger partial charge in [-0.15, -0.1) is 10.2 Å². The molecule has 0 spiro atoms. The molecule has 30 heavy (non-hydrogen) atoms. The second-order valence-electron chi connectivity index (χ2n) is 7.06. The van der Waals surface area contributed by atoms with Crippen molar-refractivity contribution in [2.75, 3.05) is 32.8 Å². The average molecular weight is 433 g/mol. The second kappa shape index (κ2) is 10.1. The first-order valence-corrected chi connectivity index (χ1v) is 11.1. The lowest BCUT2D eigenvalue weighted by molar-refractivity contribution is 0.0361. The Morgan fingerprint density at radius 1 is 1.10 bits per heavy atom. The van der Waals surface area contributed by atoms with E-state index >= 15 is 0 Å². The quantitative estimate of drug-likeness (QED) is 0.477. The van der Waals surface area contributed by atoms with E-state index < -0.39 is 0 Å². The molecule has 0 bridgehead atoms. The molecule has 1 fully saturated rings. The van der Waals surface area contributed by atoms with E-state index in [0.29, 0.717) is 11.6 Å².